The van der Waals surface area contributed by atoms with E-state index >= 15 is 0 Å². The van der Waals surface area contributed by atoms with Crippen molar-refractivity contribution in [3.63, 3.8) is 0 Å². The van der Waals surface area contributed by atoms with Crippen LogP contribution in [0, 0.1) is 0 Å². The van der Waals surface area contributed by atoms with Crippen LogP contribution in [0.1, 0.15) is 27.7 Å². The van der Waals surface area contributed by atoms with E-state index in [1.807, 2.05) is 52.0 Å². The van der Waals surface area contributed by atoms with Crippen molar-refractivity contribution in [2.75, 3.05) is 7.11 Å². The number of nitrogens with zero attached hydrogens (tertiary/aromatic N) is 2. The van der Waals surface area contributed by atoms with E-state index in [-0.39, 0.29) is 6.04 Å². The molecular formula is C13H20N2O2. The summed E-state index contributed by atoms with van der Waals surface area (Å²) in [6.07, 6.45) is 0. The van der Waals surface area contributed by atoms with Gasteiger partial charge in [-0.2, -0.15) is 5.11 Å². The topological polar surface area (TPSA) is 43.2 Å². The molecule has 0 bridgehead atoms. The number of hydrogen-bond acceptors (Lipinski definition) is 4. The van der Waals surface area contributed by atoms with Crippen molar-refractivity contribution >= 4 is 0 Å². The Labute approximate surface area is 103 Å². The minimum absolute atomic E-state index is 0.170. The SMILES string of the molecule is COc1cccc(OC(C)(C)N=NC(C)C)c1. The summed E-state index contributed by atoms with van der Waals surface area (Å²) >= 11 is 0. The highest BCUT2D eigenvalue weighted by molar-refractivity contribution is 5.33. The number of methoxy groups -OCH3 is 1. The van der Waals surface area contributed by atoms with Gasteiger partial charge in [-0.05, 0) is 39.8 Å². The van der Waals surface area contributed by atoms with Crippen LogP contribution in [0.25, 0.3) is 0 Å². The summed E-state index contributed by atoms with van der Waals surface area (Å²) in [5.74, 6) is 1.48. The lowest BCUT2D eigenvalue weighted by Crippen LogP contribution is -2.25. The first-order valence-corrected chi connectivity index (χ1v) is 5.68. The highest BCUT2D eigenvalue weighted by atomic mass is 16.5. The molecular weight excluding hydrogens is 216 g/mol. The van der Waals surface area contributed by atoms with Crippen molar-refractivity contribution in [3.8, 4) is 11.5 Å². The van der Waals surface area contributed by atoms with E-state index in [1.165, 1.54) is 0 Å². The lowest BCUT2D eigenvalue weighted by atomic mass is 10.3. The molecule has 0 aromatic heterocycles. The number of hydrogen-bond donors (Lipinski definition) is 0. The third-order valence-corrected chi connectivity index (χ3v) is 1.94. The standard InChI is InChI=1S/C13H20N2O2/c1-10(2)14-15-13(3,4)17-12-8-6-7-11(9-12)16-5/h6-10H,1-5H3. The molecule has 17 heavy (non-hydrogen) atoms. The molecule has 0 saturated heterocycles. The zero-order chi connectivity index (χ0) is 12.9. The molecule has 0 N–H and O–H groups in total. The Kier molecular flexibility index (Phi) is 4.49. The van der Waals surface area contributed by atoms with Crippen LogP contribution in [0.3, 0.4) is 0 Å². The third kappa shape index (κ3) is 4.85. The van der Waals surface area contributed by atoms with Crippen molar-refractivity contribution in [1.29, 1.82) is 0 Å². The molecule has 4 nitrogen and oxygen atoms in total. The summed E-state index contributed by atoms with van der Waals surface area (Å²) in [6, 6.07) is 7.62. The smallest absolute Gasteiger partial charge is 0.213 e. The van der Waals surface area contributed by atoms with Gasteiger partial charge in [-0.15, -0.1) is 5.11 Å². The van der Waals surface area contributed by atoms with E-state index in [4.69, 9.17) is 9.47 Å². The van der Waals surface area contributed by atoms with Gasteiger partial charge in [0.25, 0.3) is 0 Å². The minimum Gasteiger partial charge on any atom is -0.497 e. The molecule has 4 heteroatoms. The summed E-state index contributed by atoms with van der Waals surface area (Å²) in [4.78, 5) is 0. The lowest BCUT2D eigenvalue weighted by Gasteiger charge is -2.21. The van der Waals surface area contributed by atoms with Gasteiger partial charge in [0.05, 0.1) is 13.2 Å². The number of ether oxygens (including phenoxy) is 2. The second kappa shape index (κ2) is 5.66. The van der Waals surface area contributed by atoms with E-state index in [0.717, 1.165) is 11.5 Å². The molecule has 0 fully saturated rings. The first-order chi connectivity index (χ1) is 7.93. The van der Waals surface area contributed by atoms with Crippen LogP contribution in [0.4, 0.5) is 0 Å². The van der Waals surface area contributed by atoms with E-state index < -0.39 is 5.72 Å². The van der Waals surface area contributed by atoms with E-state index in [2.05, 4.69) is 10.2 Å². The minimum atomic E-state index is -0.670. The highest BCUT2D eigenvalue weighted by Gasteiger charge is 2.18. The molecule has 0 aliphatic rings. The molecule has 1 aromatic carbocycles. The molecule has 0 amide bonds. The zero-order valence-electron chi connectivity index (χ0n) is 11.1. The Bertz CT molecular complexity index is 387. The summed E-state index contributed by atoms with van der Waals surface area (Å²) in [5.41, 5.74) is -0.670. The summed E-state index contributed by atoms with van der Waals surface area (Å²) in [7, 11) is 1.63. The Morgan fingerprint density at radius 2 is 1.82 bits per heavy atom. The van der Waals surface area contributed by atoms with Crippen LogP contribution in [0.15, 0.2) is 34.5 Å². The quantitative estimate of drug-likeness (QED) is 0.732. The van der Waals surface area contributed by atoms with Crippen molar-refractivity contribution in [2.24, 2.45) is 10.2 Å². The molecule has 1 aromatic rings. The van der Waals surface area contributed by atoms with Gasteiger partial charge in [-0.1, -0.05) is 6.07 Å². The fraction of sp³-hybridized carbons (Fsp3) is 0.538. The molecule has 1 rings (SSSR count). The lowest BCUT2D eigenvalue weighted by molar-refractivity contribution is 0.109. The first kappa shape index (κ1) is 13.5. The van der Waals surface area contributed by atoms with Gasteiger partial charge in [0, 0.05) is 6.07 Å². The molecule has 0 atom stereocenters. The van der Waals surface area contributed by atoms with Crippen molar-refractivity contribution in [2.45, 2.75) is 39.5 Å². The molecule has 0 spiro atoms. The van der Waals surface area contributed by atoms with Crippen LogP contribution < -0.4 is 9.47 Å². The Morgan fingerprint density at radius 3 is 2.41 bits per heavy atom. The molecule has 0 unspecified atom stereocenters. The first-order valence-electron chi connectivity index (χ1n) is 5.68. The van der Waals surface area contributed by atoms with Crippen LogP contribution in [-0.4, -0.2) is 18.9 Å². The second-order valence-corrected chi connectivity index (χ2v) is 4.54. The van der Waals surface area contributed by atoms with Gasteiger partial charge in [0.2, 0.25) is 5.72 Å². The zero-order valence-corrected chi connectivity index (χ0v) is 11.1. The maximum absolute atomic E-state index is 5.75. The van der Waals surface area contributed by atoms with Crippen LogP contribution in [0.5, 0.6) is 11.5 Å². The Balaban J connectivity index is 2.75. The summed E-state index contributed by atoms with van der Waals surface area (Å²) in [5, 5.41) is 8.27. The summed E-state index contributed by atoms with van der Waals surface area (Å²) < 4.78 is 10.9. The van der Waals surface area contributed by atoms with Gasteiger partial charge in [0.1, 0.15) is 11.5 Å². The van der Waals surface area contributed by atoms with Gasteiger partial charge in [0.15, 0.2) is 0 Å². The van der Waals surface area contributed by atoms with E-state index in [1.54, 1.807) is 7.11 Å². The van der Waals surface area contributed by atoms with E-state index in [0.29, 0.717) is 0 Å². The molecule has 0 radical (unpaired) electrons. The highest BCUT2D eigenvalue weighted by Crippen LogP contribution is 2.24. The average molecular weight is 236 g/mol. The normalized spacial score (nSPS) is 12.1. The van der Waals surface area contributed by atoms with Crippen molar-refractivity contribution < 1.29 is 9.47 Å². The average Bonchev–Trinajstić information content (AvgIpc) is 2.26. The third-order valence-electron chi connectivity index (χ3n) is 1.94. The van der Waals surface area contributed by atoms with Crippen LogP contribution in [0.2, 0.25) is 0 Å². The molecule has 0 aliphatic heterocycles. The van der Waals surface area contributed by atoms with Gasteiger partial charge < -0.3 is 9.47 Å². The molecule has 94 valence electrons. The maximum atomic E-state index is 5.75. The van der Waals surface area contributed by atoms with Gasteiger partial charge >= 0.3 is 0 Å². The molecule has 0 saturated carbocycles. The Hall–Kier alpha value is -1.58. The number of azo groups is 1. The number of benzene rings is 1. The number of rotatable bonds is 5. The predicted molar refractivity (Wildman–Crippen MR) is 67.7 cm³/mol. The monoisotopic (exact) mass is 236 g/mol. The maximum Gasteiger partial charge on any atom is 0.213 e. The largest absolute Gasteiger partial charge is 0.497 e. The molecule has 0 heterocycles. The molecule has 0 aliphatic carbocycles. The second-order valence-electron chi connectivity index (χ2n) is 4.54. The predicted octanol–water partition coefficient (Wildman–Crippen LogP) is 3.67. The van der Waals surface area contributed by atoms with Gasteiger partial charge in [-0.25, -0.2) is 0 Å². The fourth-order valence-electron chi connectivity index (χ4n) is 1.23. The van der Waals surface area contributed by atoms with Crippen molar-refractivity contribution in [1.82, 2.24) is 0 Å². The van der Waals surface area contributed by atoms with Crippen LogP contribution in [-0.2, 0) is 0 Å². The fourth-order valence-corrected chi connectivity index (χ4v) is 1.23. The van der Waals surface area contributed by atoms with Crippen molar-refractivity contribution in [3.05, 3.63) is 24.3 Å². The van der Waals surface area contributed by atoms with Crippen LogP contribution >= 0.6 is 0 Å². The van der Waals surface area contributed by atoms with E-state index in [9.17, 15) is 0 Å². The van der Waals surface area contributed by atoms with Gasteiger partial charge in [-0.3, -0.25) is 0 Å². The summed E-state index contributed by atoms with van der Waals surface area (Å²) in [6.45, 7) is 7.70. The Morgan fingerprint density at radius 1 is 1.18 bits per heavy atom.